The van der Waals surface area contributed by atoms with E-state index in [-0.39, 0.29) is 11.8 Å². The maximum absolute atomic E-state index is 10.0. The molecule has 1 unspecified atom stereocenters. The number of nitrogen functional groups attached to an aromatic ring is 2. The third-order valence-corrected chi connectivity index (χ3v) is 4.28. The van der Waals surface area contributed by atoms with Gasteiger partial charge in [0, 0.05) is 0 Å². The number of aliphatic hydroxyl groups excluding tert-OH is 2. The Morgan fingerprint density at radius 1 is 1.38 bits per heavy atom. The zero-order valence-electron chi connectivity index (χ0n) is 10.6. The molecule has 1 fully saturated rings. The molecule has 0 aromatic carbocycles. The number of fused-ring (bicyclic) bond motifs is 1. The van der Waals surface area contributed by atoms with Gasteiger partial charge in [0.05, 0.1) is 12.3 Å². The molecule has 0 spiro atoms. The molecule has 2 aromatic heterocycles. The number of ether oxygens (including phenoxy) is 1. The van der Waals surface area contributed by atoms with Crippen molar-refractivity contribution in [1.29, 1.82) is 0 Å². The average molecular weight is 334 g/mol. The standard InChI is InChI=1S/C11H13Cl2N5O3/c12-11(13)7(20)6(3-19)21-8(11)4-1-2-5-9(14)16-10(15)17-18(4)5/h1-2,6-8,19-20H,3H2,(H4,14,15,16,17)/t6-,7?,8+/m1/s1. The topological polar surface area (TPSA) is 132 Å². The Morgan fingerprint density at radius 3 is 2.71 bits per heavy atom. The zero-order valence-corrected chi connectivity index (χ0v) is 12.2. The summed E-state index contributed by atoms with van der Waals surface area (Å²) in [5, 5.41) is 23.3. The van der Waals surface area contributed by atoms with Gasteiger partial charge in [-0.1, -0.05) is 23.2 Å². The summed E-state index contributed by atoms with van der Waals surface area (Å²) in [4.78, 5) is 3.85. The third-order valence-electron chi connectivity index (χ3n) is 3.44. The Bertz CT molecular complexity index is 692. The minimum atomic E-state index is -1.64. The molecule has 10 heteroatoms. The van der Waals surface area contributed by atoms with Gasteiger partial charge in [-0.2, -0.15) is 4.98 Å². The molecule has 1 saturated heterocycles. The van der Waals surface area contributed by atoms with Crippen molar-refractivity contribution in [2.45, 2.75) is 22.6 Å². The van der Waals surface area contributed by atoms with Crippen molar-refractivity contribution in [3.8, 4) is 0 Å². The molecule has 8 nitrogen and oxygen atoms in total. The molecule has 3 atom stereocenters. The fourth-order valence-corrected chi connectivity index (χ4v) is 3.01. The van der Waals surface area contributed by atoms with Gasteiger partial charge < -0.3 is 26.4 Å². The molecule has 0 saturated carbocycles. The van der Waals surface area contributed by atoms with E-state index in [0.717, 1.165) is 0 Å². The molecule has 0 amide bonds. The monoisotopic (exact) mass is 333 g/mol. The highest BCUT2D eigenvalue weighted by molar-refractivity contribution is 6.49. The summed E-state index contributed by atoms with van der Waals surface area (Å²) in [6, 6.07) is 3.31. The highest BCUT2D eigenvalue weighted by Gasteiger charge is 2.55. The van der Waals surface area contributed by atoms with Crippen LogP contribution in [0, 0.1) is 0 Å². The van der Waals surface area contributed by atoms with Crippen LogP contribution in [0.15, 0.2) is 12.1 Å². The van der Waals surface area contributed by atoms with Crippen LogP contribution in [0.25, 0.3) is 5.52 Å². The predicted octanol–water partition coefficient (Wildman–Crippen LogP) is -0.139. The summed E-state index contributed by atoms with van der Waals surface area (Å²) < 4.78 is 5.31. The maximum Gasteiger partial charge on any atom is 0.240 e. The lowest BCUT2D eigenvalue weighted by Crippen LogP contribution is -2.36. The summed E-state index contributed by atoms with van der Waals surface area (Å²) in [7, 11) is 0. The van der Waals surface area contributed by atoms with Gasteiger partial charge in [-0.05, 0) is 12.1 Å². The molecular weight excluding hydrogens is 321 g/mol. The number of alkyl halides is 2. The number of halogens is 2. The summed E-state index contributed by atoms with van der Waals surface area (Å²) in [6.07, 6.45) is -3.06. The minimum Gasteiger partial charge on any atom is -0.394 e. The van der Waals surface area contributed by atoms with Crippen LogP contribution in [-0.4, -0.2) is 48.0 Å². The Labute approximate surface area is 129 Å². The molecule has 3 heterocycles. The number of aliphatic hydroxyl groups is 2. The van der Waals surface area contributed by atoms with Crippen molar-refractivity contribution in [2.75, 3.05) is 18.1 Å². The number of hydrogen-bond acceptors (Lipinski definition) is 7. The van der Waals surface area contributed by atoms with Gasteiger partial charge in [0.25, 0.3) is 0 Å². The quantitative estimate of drug-likeness (QED) is 0.562. The number of anilines is 2. The van der Waals surface area contributed by atoms with Crippen LogP contribution in [0.4, 0.5) is 11.8 Å². The minimum absolute atomic E-state index is 0.0237. The van der Waals surface area contributed by atoms with E-state index in [0.29, 0.717) is 11.2 Å². The lowest BCUT2D eigenvalue weighted by Gasteiger charge is -2.22. The van der Waals surface area contributed by atoms with Crippen LogP contribution in [-0.2, 0) is 4.74 Å². The lowest BCUT2D eigenvalue weighted by molar-refractivity contribution is -0.0239. The molecule has 1 aliphatic heterocycles. The largest absolute Gasteiger partial charge is 0.394 e. The lowest BCUT2D eigenvalue weighted by atomic mass is 10.1. The second kappa shape index (κ2) is 4.85. The van der Waals surface area contributed by atoms with Crippen molar-refractivity contribution < 1.29 is 14.9 Å². The molecule has 0 bridgehead atoms. The van der Waals surface area contributed by atoms with Crippen molar-refractivity contribution >= 4 is 40.5 Å². The van der Waals surface area contributed by atoms with E-state index < -0.39 is 29.3 Å². The van der Waals surface area contributed by atoms with E-state index in [1.165, 1.54) is 4.52 Å². The van der Waals surface area contributed by atoms with Crippen LogP contribution >= 0.6 is 23.2 Å². The second-order valence-corrected chi connectivity index (χ2v) is 6.21. The van der Waals surface area contributed by atoms with Crippen molar-refractivity contribution in [3.63, 3.8) is 0 Å². The third kappa shape index (κ3) is 2.11. The van der Waals surface area contributed by atoms with E-state index in [9.17, 15) is 10.2 Å². The smallest absolute Gasteiger partial charge is 0.240 e. The normalized spacial score (nSPS) is 28.3. The molecule has 3 rings (SSSR count). The fraction of sp³-hybridized carbons (Fsp3) is 0.455. The van der Waals surface area contributed by atoms with E-state index in [4.69, 9.17) is 39.4 Å². The molecule has 6 N–H and O–H groups in total. The summed E-state index contributed by atoms with van der Waals surface area (Å²) in [5.74, 6) is 0.171. The number of rotatable bonds is 2. The van der Waals surface area contributed by atoms with Crippen LogP contribution in [0.3, 0.4) is 0 Å². The summed E-state index contributed by atoms with van der Waals surface area (Å²) >= 11 is 12.4. The molecule has 114 valence electrons. The van der Waals surface area contributed by atoms with Crippen LogP contribution in [0.2, 0.25) is 0 Å². The Kier molecular flexibility index (Phi) is 3.38. The molecule has 0 aliphatic carbocycles. The van der Waals surface area contributed by atoms with Gasteiger partial charge in [0.15, 0.2) is 10.2 Å². The van der Waals surface area contributed by atoms with Gasteiger partial charge in [-0.15, -0.1) is 5.10 Å². The van der Waals surface area contributed by atoms with E-state index >= 15 is 0 Å². The van der Waals surface area contributed by atoms with Gasteiger partial charge in [-0.25, -0.2) is 4.52 Å². The van der Waals surface area contributed by atoms with Crippen LogP contribution in [0.1, 0.15) is 11.8 Å². The Morgan fingerprint density at radius 2 is 2.10 bits per heavy atom. The van der Waals surface area contributed by atoms with E-state index in [1.807, 2.05) is 0 Å². The SMILES string of the molecule is Nc1nc(N)c2ccc([C@@H]3O[C@H](CO)C(O)C3(Cl)Cl)n2n1. The first kappa shape index (κ1) is 14.6. The van der Waals surface area contributed by atoms with Crippen molar-refractivity contribution in [2.24, 2.45) is 0 Å². The van der Waals surface area contributed by atoms with Crippen LogP contribution in [0.5, 0.6) is 0 Å². The number of aromatic nitrogens is 3. The molecule has 21 heavy (non-hydrogen) atoms. The van der Waals surface area contributed by atoms with Gasteiger partial charge in [-0.3, -0.25) is 0 Å². The van der Waals surface area contributed by atoms with E-state index in [2.05, 4.69) is 10.1 Å². The van der Waals surface area contributed by atoms with Crippen molar-refractivity contribution in [1.82, 2.24) is 14.6 Å². The molecular formula is C11H13Cl2N5O3. The molecule has 2 aromatic rings. The predicted molar refractivity (Wildman–Crippen MR) is 77.0 cm³/mol. The first-order valence-electron chi connectivity index (χ1n) is 6.09. The fourth-order valence-electron chi connectivity index (χ4n) is 2.41. The highest BCUT2D eigenvalue weighted by atomic mass is 35.5. The Hall–Kier alpha value is -1.32. The van der Waals surface area contributed by atoms with Gasteiger partial charge in [0.2, 0.25) is 5.95 Å². The first-order valence-corrected chi connectivity index (χ1v) is 6.84. The average Bonchev–Trinajstić information content (AvgIpc) is 2.91. The first-order chi connectivity index (χ1) is 9.86. The second-order valence-electron chi connectivity index (χ2n) is 4.77. The number of nitrogens with two attached hydrogens (primary N) is 2. The maximum atomic E-state index is 10.0. The van der Waals surface area contributed by atoms with Crippen molar-refractivity contribution in [3.05, 3.63) is 17.8 Å². The molecule has 0 radical (unpaired) electrons. The van der Waals surface area contributed by atoms with Gasteiger partial charge >= 0.3 is 0 Å². The zero-order chi connectivity index (χ0) is 15.4. The van der Waals surface area contributed by atoms with E-state index in [1.54, 1.807) is 12.1 Å². The summed E-state index contributed by atoms with van der Waals surface area (Å²) in [6.45, 7) is -0.415. The number of nitrogens with zero attached hydrogens (tertiary/aromatic N) is 3. The summed E-state index contributed by atoms with van der Waals surface area (Å²) in [5.41, 5.74) is 12.3. The highest BCUT2D eigenvalue weighted by Crippen LogP contribution is 2.49. The van der Waals surface area contributed by atoms with Crippen LogP contribution < -0.4 is 11.5 Å². The molecule has 1 aliphatic rings. The Balaban J connectivity index is 2.13. The van der Waals surface area contributed by atoms with Gasteiger partial charge in [0.1, 0.15) is 23.8 Å². The number of hydrogen-bond donors (Lipinski definition) is 4.